The number of hydrogen-bond acceptors (Lipinski definition) is 4. The van der Waals surface area contributed by atoms with Gasteiger partial charge in [0.15, 0.2) is 0 Å². The molecule has 0 unspecified atom stereocenters. The number of amides is 2. The largest absolute Gasteiger partial charge is 0.398 e. The van der Waals surface area contributed by atoms with Gasteiger partial charge >= 0.3 is 0 Å². The maximum Gasteiger partial charge on any atom is 0.238 e. The molecular formula is C15H22N4O2. The second-order valence-corrected chi connectivity index (χ2v) is 5.40. The first-order valence-electron chi connectivity index (χ1n) is 7.09. The molecule has 1 aromatic carbocycles. The predicted octanol–water partition coefficient (Wildman–Crippen LogP) is 0.680. The summed E-state index contributed by atoms with van der Waals surface area (Å²) in [6.45, 7) is 6.64. The van der Waals surface area contributed by atoms with Crippen LogP contribution in [0.5, 0.6) is 0 Å². The lowest BCUT2D eigenvalue weighted by molar-refractivity contribution is -0.130. The summed E-state index contributed by atoms with van der Waals surface area (Å²) < 4.78 is 0. The van der Waals surface area contributed by atoms with Gasteiger partial charge in [0.25, 0.3) is 0 Å². The van der Waals surface area contributed by atoms with Crippen LogP contribution in [-0.2, 0) is 9.59 Å². The fourth-order valence-electron chi connectivity index (χ4n) is 2.34. The first kappa shape index (κ1) is 15.3. The third kappa shape index (κ3) is 4.19. The van der Waals surface area contributed by atoms with Crippen molar-refractivity contribution in [1.82, 2.24) is 9.80 Å². The Labute approximate surface area is 124 Å². The molecule has 114 valence electrons. The molecule has 0 bridgehead atoms. The SMILES string of the molecule is CC(=O)N1CCN(CC(=O)Nc2ccc(C)c(N)c2)CC1. The van der Waals surface area contributed by atoms with Gasteiger partial charge in [-0.15, -0.1) is 0 Å². The maximum absolute atomic E-state index is 12.0. The lowest BCUT2D eigenvalue weighted by atomic mass is 10.2. The van der Waals surface area contributed by atoms with Gasteiger partial charge in [-0.25, -0.2) is 0 Å². The number of aryl methyl sites for hydroxylation is 1. The predicted molar refractivity (Wildman–Crippen MR) is 82.9 cm³/mol. The standard InChI is InChI=1S/C15H22N4O2/c1-11-3-4-13(9-14(11)16)17-15(21)10-18-5-7-19(8-6-18)12(2)20/h3-4,9H,5-8,10,16H2,1-2H3,(H,17,21). The third-order valence-electron chi connectivity index (χ3n) is 3.75. The van der Waals surface area contributed by atoms with Gasteiger partial charge in [-0.3, -0.25) is 14.5 Å². The van der Waals surface area contributed by atoms with E-state index in [0.717, 1.165) is 18.7 Å². The van der Waals surface area contributed by atoms with Crippen molar-refractivity contribution in [2.24, 2.45) is 0 Å². The highest BCUT2D eigenvalue weighted by Crippen LogP contribution is 2.16. The first-order valence-corrected chi connectivity index (χ1v) is 7.09. The Morgan fingerprint density at radius 1 is 1.24 bits per heavy atom. The Morgan fingerprint density at radius 2 is 1.90 bits per heavy atom. The Morgan fingerprint density at radius 3 is 2.48 bits per heavy atom. The molecule has 0 aromatic heterocycles. The zero-order valence-electron chi connectivity index (χ0n) is 12.6. The van der Waals surface area contributed by atoms with Crippen molar-refractivity contribution < 1.29 is 9.59 Å². The van der Waals surface area contributed by atoms with Crippen LogP contribution < -0.4 is 11.1 Å². The van der Waals surface area contributed by atoms with E-state index in [1.807, 2.05) is 24.0 Å². The van der Waals surface area contributed by atoms with E-state index in [0.29, 0.717) is 31.0 Å². The maximum atomic E-state index is 12.0. The van der Waals surface area contributed by atoms with E-state index in [1.165, 1.54) is 0 Å². The summed E-state index contributed by atoms with van der Waals surface area (Å²) in [4.78, 5) is 27.1. The van der Waals surface area contributed by atoms with E-state index >= 15 is 0 Å². The summed E-state index contributed by atoms with van der Waals surface area (Å²) in [5, 5.41) is 2.85. The van der Waals surface area contributed by atoms with Crippen LogP contribution in [0.4, 0.5) is 11.4 Å². The molecule has 1 aliphatic rings. The molecule has 21 heavy (non-hydrogen) atoms. The average molecular weight is 290 g/mol. The van der Waals surface area contributed by atoms with Gasteiger partial charge in [0.2, 0.25) is 11.8 Å². The molecule has 6 nitrogen and oxygen atoms in total. The van der Waals surface area contributed by atoms with Crippen molar-refractivity contribution >= 4 is 23.2 Å². The van der Waals surface area contributed by atoms with Crippen LogP contribution in [0.15, 0.2) is 18.2 Å². The highest BCUT2D eigenvalue weighted by atomic mass is 16.2. The average Bonchev–Trinajstić information content (AvgIpc) is 2.43. The molecular weight excluding hydrogens is 268 g/mol. The summed E-state index contributed by atoms with van der Waals surface area (Å²) >= 11 is 0. The van der Waals surface area contributed by atoms with Crippen molar-refractivity contribution in [2.75, 3.05) is 43.8 Å². The number of nitrogen functional groups attached to an aromatic ring is 1. The molecule has 0 saturated carbocycles. The van der Waals surface area contributed by atoms with Crippen molar-refractivity contribution in [3.05, 3.63) is 23.8 Å². The molecule has 1 fully saturated rings. The minimum atomic E-state index is -0.0606. The van der Waals surface area contributed by atoms with Crippen LogP contribution in [0.3, 0.4) is 0 Å². The molecule has 3 N–H and O–H groups in total. The van der Waals surface area contributed by atoms with Crippen LogP contribution in [0.25, 0.3) is 0 Å². The van der Waals surface area contributed by atoms with Gasteiger partial charge < -0.3 is 16.0 Å². The van der Waals surface area contributed by atoms with E-state index in [1.54, 1.807) is 17.9 Å². The third-order valence-corrected chi connectivity index (χ3v) is 3.75. The van der Waals surface area contributed by atoms with Crippen molar-refractivity contribution in [3.8, 4) is 0 Å². The van der Waals surface area contributed by atoms with Gasteiger partial charge in [-0.1, -0.05) is 6.07 Å². The van der Waals surface area contributed by atoms with Crippen molar-refractivity contribution in [2.45, 2.75) is 13.8 Å². The molecule has 1 aliphatic heterocycles. The molecule has 1 aromatic rings. The zero-order valence-corrected chi connectivity index (χ0v) is 12.6. The molecule has 1 saturated heterocycles. The molecule has 6 heteroatoms. The van der Waals surface area contributed by atoms with E-state index in [-0.39, 0.29) is 11.8 Å². The van der Waals surface area contributed by atoms with Gasteiger partial charge in [0.1, 0.15) is 0 Å². The second-order valence-electron chi connectivity index (χ2n) is 5.40. The zero-order chi connectivity index (χ0) is 15.4. The summed E-state index contributed by atoms with van der Waals surface area (Å²) in [6.07, 6.45) is 0. The minimum Gasteiger partial charge on any atom is -0.398 e. The number of carbonyl (C=O) groups excluding carboxylic acids is 2. The van der Waals surface area contributed by atoms with Crippen molar-refractivity contribution in [3.63, 3.8) is 0 Å². The number of rotatable bonds is 3. The Hall–Kier alpha value is -2.08. The van der Waals surface area contributed by atoms with Crippen LogP contribution in [-0.4, -0.2) is 54.3 Å². The summed E-state index contributed by atoms with van der Waals surface area (Å²) in [7, 11) is 0. The number of carbonyl (C=O) groups is 2. The monoisotopic (exact) mass is 290 g/mol. The smallest absolute Gasteiger partial charge is 0.238 e. The summed E-state index contributed by atoms with van der Waals surface area (Å²) in [6, 6.07) is 5.49. The molecule has 0 spiro atoms. The molecule has 0 radical (unpaired) electrons. The molecule has 1 heterocycles. The molecule has 0 atom stereocenters. The minimum absolute atomic E-state index is 0.0606. The molecule has 0 aliphatic carbocycles. The van der Waals surface area contributed by atoms with Gasteiger partial charge in [-0.2, -0.15) is 0 Å². The lowest BCUT2D eigenvalue weighted by Gasteiger charge is -2.33. The number of nitrogens with one attached hydrogen (secondary N) is 1. The van der Waals surface area contributed by atoms with Crippen LogP contribution >= 0.6 is 0 Å². The highest BCUT2D eigenvalue weighted by Gasteiger charge is 2.20. The number of benzene rings is 1. The molecule has 2 rings (SSSR count). The van der Waals surface area contributed by atoms with E-state index < -0.39 is 0 Å². The van der Waals surface area contributed by atoms with E-state index in [2.05, 4.69) is 5.32 Å². The second kappa shape index (κ2) is 6.58. The van der Waals surface area contributed by atoms with Gasteiger partial charge in [0.05, 0.1) is 6.54 Å². The Kier molecular flexibility index (Phi) is 4.80. The normalized spacial score (nSPS) is 15.8. The van der Waals surface area contributed by atoms with E-state index in [4.69, 9.17) is 5.73 Å². The van der Waals surface area contributed by atoms with Gasteiger partial charge in [-0.05, 0) is 24.6 Å². The first-order chi connectivity index (χ1) is 9.95. The van der Waals surface area contributed by atoms with E-state index in [9.17, 15) is 9.59 Å². The number of nitrogens with two attached hydrogens (primary N) is 1. The number of anilines is 2. The quantitative estimate of drug-likeness (QED) is 0.802. The summed E-state index contributed by atoms with van der Waals surface area (Å²) in [5.41, 5.74) is 8.20. The molecule has 2 amide bonds. The topological polar surface area (TPSA) is 78.7 Å². The number of hydrogen-bond donors (Lipinski definition) is 2. The van der Waals surface area contributed by atoms with Crippen LogP contribution in [0.1, 0.15) is 12.5 Å². The van der Waals surface area contributed by atoms with Crippen LogP contribution in [0.2, 0.25) is 0 Å². The fraction of sp³-hybridized carbons (Fsp3) is 0.467. The lowest BCUT2D eigenvalue weighted by Crippen LogP contribution is -2.49. The fourth-order valence-corrected chi connectivity index (χ4v) is 2.34. The highest BCUT2D eigenvalue weighted by molar-refractivity contribution is 5.92. The summed E-state index contributed by atoms with van der Waals surface area (Å²) in [5.74, 6) is 0.0313. The Bertz CT molecular complexity index is 536. The van der Waals surface area contributed by atoms with Crippen molar-refractivity contribution in [1.29, 1.82) is 0 Å². The Balaban J connectivity index is 1.82. The number of piperazine rings is 1. The number of nitrogens with zero attached hydrogens (tertiary/aromatic N) is 2. The van der Waals surface area contributed by atoms with Crippen LogP contribution in [0, 0.1) is 6.92 Å². The van der Waals surface area contributed by atoms with Gasteiger partial charge in [0, 0.05) is 44.5 Å².